The third kappa shape index (κ3) is 3.00. The van der Waals surface area contributed by atoms with Crippen LogP contribution >= 0.6 is 27.5 Å². The van der Waals surface area contributed by atoms with Gasteiger partial charge in [-0.2, -0.15) is 0 Å². The first-order valence-corrected chi connectivity index (χ1v) is 6.83. The van der Waals surface area contributed by atoms with Gasteiger partial charge in [0.2, 0.25) is 0 Å². The maximum Gasteiger partial charge on any atom is 0.143 e. The van der Waals surface area contributed by atoms with E-state index in [4.69, 9.17) is 11.6 Å². The fourth-order valence-electron chi connectivity index (χ4n) is 1.88. The van der Waals surface area contributed by atoms with Gasteiger partial charge < -0.3 is 5.11 Å². The number of hydrogen-bond donors (Lipinski definition) is 1. The maximum atomic E-state index is 13.8. The van der Waals surface area contributed by atoms with E-state index in [-0.39, 0.29) is 20.6 Å². The molecule has 2 rings (SSSR count). The quantitative estimate of drug-likeness (QED) is 0.775. The first-order chi connectivity index (χ1) is 9.41. The third-order valence-corrected chi connectivity index (χ3v) is 3.81. The van der Waals surface area contributed by atoms with Gasteiger partial charge in [-0.1, -0.05) is 17.7 Å². The number of aliphatic hydroxyl groups is 1. The molecule has 0 heterocycles. The first kappa shape index (κ1) is 15.4. The van der Waals surface area contributed by atoms with Crippen LogP contribution in [0.5, 0.6) is 0 Å². The second-order valence-electron chi connectivity index (χ2n) is 4.18. The molecule has 0 spiro atoms. The molecule has 0 fully saturated rings. The van der Waals surface area contributed by atoms with Crippen molar-refractivity contribution < 1.29 is 18.3 Å². The highest BCUT2D eigenvalue weighted by atomic mass is 79.9. The number of rotatable bonds is 3. The van der Waals surface area contributed by atoms with Crippen LogP contribution in [0.4, 0.5) is 13.2 Å². The molecule has 0 aliphatic carbocycles. The number of aliphatic hydroxyl groups excluding tert-OH is 1. The Morgan fingerprint density at radius 1 is 1.10 bits per heavy atom. The SMILES string of the molecule is OC(Cc1c(F)ccc(Br)c1F)c1c(F)cccc1Cl. The van der Waals surface area contributed by atoms with E-state index < -0.39 is 30.0 Å². The van der Waals surface area contributed by atoms with Crippen molar-refractivity contribution in [2.45, 2.75) is 12.5 Å². The molecule has 0 aliphatic heterocycles. The van der Waals surface area contributed by atoms with Crippen LogP contribution in [-0.4, -0.2) is 5.11 Å². The lowest BCUT2D eigenvalue weighted by Gasteiger charge is -2.15. The highest BCUT2D eigenvalue weighted by molar-refractivity contribution is 9.10. The lowest BCUT2D eigenvalue weighted by Crippen LogP contribution is -2.08. The van der Waals surface area contributed by atoms with Gasteiger partial charge in [0.25, 0.3) is 0 Å². The van der Waals surface area contributed by atoms with Gasteiger partial charge >= 0.3 is 0 Å². The van der Waals surface area contributed by atoms with Gasteiger partial charge in [-0.3, -0.25) is 0 Å². The highest BCUT2D eigenvalue weighted by Gasteiger charge is 2.21. The molecular weight excluding hydrogens is 357 g/mol. The summed E-state index contributed by atoms with van der Waals surface area (Å²) in [6.45, 7) is 0. The van der Waals surface area contributed by atoms with E-state index in [9.17, 15) is 18.3 Å². The van der Waals surface area contributed by atoms with Crippen molar-refractivity contribution in [1.82, 2.24) is 0 Å². The zero-order chi connectivity index (χ0) is 14.9. The van der Waals surface area contributed by atoms with Gasteiger partial charge in [-0.05, 0) is 40.2 Å². The Bertz CT molecular complexity index is 628. The van der Waals surface area contributed by atoms with E-state index in [2.05, 4.69) is 15.9 Å². The van der Waals surface area contributed by atoms with Crippen LogP contribution < -0.4 is 0 Å². The van der Waals surface area contributed by atoms with Gasteiger partial charge in [-0.25, -0.2) is 13.2 Å². The lowest BCUT2D eigenvalue weighted by atomic mass is 10.00. The van der Waals surface area contributed by atoms with Crippen molar-refractivity contribution in [2.75, 3.05) is 0 Å². The van der Waals surface area contributed by atoms with Crippen LogP contribution in [0.1, 0.15) is 17.2 Å². The van der Waals surface area contributed by atoms with E-state index in [1.807, 2.05) is 0 Å². The first-order valence-electron chi connectivity index (χ1n) is 5.66. The normalized spacial score (nSPS) is 12.5. The van der Waals surface area contributed by atoms with Gasteiger partial charge in [0.1, 0.15) is 17.5 Å². The van der Waals surface area contributed by atoms with Crippen molar-refractivity contribution in [3.63, 3.8) is 0 Å². The van der Waals surface area contributed by atoms with Gasteiger partial charge in [0, 0.05) is 22.6 Å². The molecule has 0 radical (unpaired) electrons. The number of benzene rings is 2. The molecule has 106 valence electrons. The van der Waals surface area contributed by atoms with E-state index in [0.29, 0.717) is 0 Å². The molecular formula is C14H9BrClF3O. The molecule has 0 aromatic heterocycles. The Balaban J connectivity index is 2.38. The van der Waals surface area contributed by atoms with Crippen LogP contribution in [0.3, 0.4) is 0 Å². The topological polar surface area (TPSA) is 20.2 Å². The second kappa shape index (κ2) is 6.16. The summed E-state index contributed by atoms with van der Waals surface area (Å²) < 4.78 is 41.1. The molecule has 1 unspecified atom stereocenters. The predicted molar refractivity (Wildman–Crippen MR) is 74.1 cm³/mol. The highest BCUT2D eigenvalue weighted by Crippen LogP contribution is 2.31. The molecule has 0 saturated heterocycles. The molecule has 1 atom stereocenters. The fourth-order valence-corrected chi connectivity index (χ4v) is 2.54. The fraction of sp³-hybridized carbons (Fsp3) is 0.143. The van der Waals surface area contributed by atoms with Crippen LogP contribution in [0.15, 0.2) is 34.8 Å². The van der Waals surface area contributed by atoms with Gasteiger partial charge in [-0.15, -0.1) is 0 Å². The number of hydrogen-bond acceptors (Lipinski definition) is 1. The molecule has 20 heavy (non-hydrogen) atoms. The van der Waals surface area contributed by atoms with Crippen LogP contribution in [0, 0.1) is 17.5 Å². The van der Waals surface area contributed by atoms with Crippen molar-refractivity contribution >= 4 is 27.5 Å². The van der Waals surface area contributed by atoms with Crippen LogP contribution in [-0.2, 0) is 6.42 Å². The lowest BCUT2D eigenvalue weighted by molar-refractivity contribution is 0.171. The van der Waals surface area contributed by atoms with Gasteiger partial charge in [0.15, 0.2) is 0 Å². The summed E-state index contributed by atoms with van der Waals surface area (Å²) in [5, 5.41) is 10.0. The molecule has 1 nitrogen and oxygen atoms in total. The third-order valence-electron chi connectivity index (χ3n) is 2.87. The van der Waals surface area contributed by atoms with Crippen molar-refractivity contribution in [2.24, 2.45) is 0 Å². The Morgan fingerprint density at radius 2 is 1.80 bits per heavy atom. The molecule has 0 bridgehead atoms. The molecule has 0 amide bonds. The minimum atomic E-state index is -1.44. The Kier molecular flexibility index (Phi) is 4.73. The maximum absolute atomic E-state index is 13.8. The molecule has 0 saturated carbocycles. The standard InChI is InChI=1S/C14H9BrClF3O/c15-8-4-5-10(17)7(14(8)19)6-12(20)13-9(16)2-1-3-11(13)18/h1-5,12,20H,6H2. The van der Waals surface area contributed by atoms with E-state index >= 15 is 0 Å². The monoisotopic (exact) mass is 364 g/mol. The summed E-state index contributed by atoms with van der Waals surface area (Å²) in [6, 6.07) is 6.19. The predicted octanol–water partition coefficient (Wildman–Crippen LogP) is 4.80. The minimum Gasteiger partial charge on any atom is -0.388 e. The molecule has 1 N–H and O–H groups in total. The minimum absolute atomic E-state index is 0.00770. The average Bonchev–Trinajstić information content (AvgIpc) is 2.39. The summed E-state index contributed by atoms with van der Waals surface area (Å²) in [7, 11) is 0. The van der Waals surface area contributed by atoms with Crippen molar-refractivity contribution in [3.05, 3.63) is 68.4 Å². The molecule has 2 aromatic rings. The summed E-state index contributed by atoms with van der Waals surface area (Å²) in [5.41, 5.74) is -0.501. The summed E-state index contributed by atoms with van der Waals surface area (Å²) in [5.74, 6) is -2.35. The second-order valence-corrected chi connectivity index (χ2v) is 5.44. The average molecular weight is 366 g/mol. The largest absolute Gasteiger partial charge is 0.388 e. The van der Waals surface area contributed by atoms with E-state index in [1.165, 1.54) is 18.2 Å². The Morgan fingerprint density at radius 3 is 2.45 bits per heavy atom. The van der Waals surface area contributed by atoms with E-state index in [0.717, 1.165) is 12.1 Å². The molecule has 0 aliphatic rings. The zero-order valence-corrected chi connectivity index (χ0v) is 12.4. The summed E-state index contributed by atoms with van der Waals surface area (Å²) in [4.78, 5) is 0. The summed E-state index contributed by atoms with van der Waals surface area (Å²) >= 11 is 8.74. The van der Waals surface area contributed by atoms with Crippen molar-refractivity contribution in [3.8, 4) is 0 Å². The Labute approximate surface area is 127 Å². The summed E-state index contributed by atoms with van der Waals surface area (Å²) in [6.07, 6.45) is -1.86. The van der Waals surface area contributed by atoms with Crippen molar-refractivity contribution in [1.29, 1.82) is 0 Å². The molecule has 6 heteroatoms. The van der Waals surface area contributed by atoms with E-state index in [1.54, 1.807) is 0 Å². The van der Waals surface area contributed by atoms with Crippen LogP contribution in [0.2, 0.25) is 5.02 Å². The molecule has 2 aromatic carbocycles. The zero-order valence-electron chi connectivity index (χ0n) is 10.0. The van der Waals surface area contributed by atoms with Gasteiger partial charge in [0.05, 0.1) is 10.6 Å². The smallest absolute Gasteiger partial charge is 0.143 e. The number of halogens is 5. The van der Waals surface area contributed by atoms with Crippen LogP contribution in [0.25, 0.3) is 0 Å². The Hall–Kier alpha value is -1.04.